The first-order chi connectivity index (χ1) is 11.6. The van der Waals surface area contributed by atoms with Crippen LogP contribution >= 0.6 is 0 Å². The Labute approximate surface area is 136 Å². The molecule has 0 saturated heterocycles. The fraction of sp³-hybridized carbons (Fsp3) is 0. The number of nitro benzene ring substituents is 1. The van der Waals surface area contributed by atoms with Gasteiger partial charge in [-0.2, -0.15) is 0 Å². The summed E-state index contributed by atoms with van der Waals surface area (Å²) in [5.74, 6) is 0. The summed E-state index contributed by atoms with van der Waals surface area (Å²) >= 11 is 0. The molecule has 7 nitrogen and oxygen atoms in total. The number of rotatable bonds is 4. The lowest BCUT2D eigenvalue weighted by molar-refractivity contribution is -0.385. The third-order valence-electron chi connectivity index (χ3n) is 3.49. The highest BCUT2D eigenvalue weighted by Crippen LogP contribution is 2.31. The third kappa shape index (κ3) is 2.95. The SMILES string of the molecule is O=[N+]([O-])c1ccc(-c2nc(-c3ccccc3)ccc2[N+](=O)[O-])cc1. The Bertz CT molecular complexity index is 909. The molecule has 1 heterocycles. The largest absolute Gasteiger partial charge is 0.295 e. The van der Waals surface area contributed by atoms with Crippen molar-refractivity contribution < 1.29 is 9.85 Å². The van der Waals surface area contributed by atoms with Gasteiger partial charge in [-0.15, -0.1) is 0 Å². The molecule has 0 spiro atoms. The molecule has 0 radical (unpaired) electrons. The molecule has 3 rings (SSSR count). The predicted octanol–water partition coefficient (Wildman–Crippen LogP) is 4.23. The quantitative estimate of drug-likeness (QED) is 0.529. The van der Waals surface area contributed by atoms with Gasteiger partial charge < -0.3 is 0 Å². The molecule has 0 aliphatic rings. The normalized spacial score (nSPS) is 10.3. The molecule has 7 heteroatoms. The molecule has 0 atom stereocenters. The average Bonchev–Trinajstić information content (AvgIpc) is 2.62. The molecule has 0 amide bonds. The molecule has 0 fully saturated rings. The maximum Gasteiger partial charge on any atom is 0.295 e. The van der Waals surface area contributed by atoms with Gasteiger partial charge in [0.25, 0.3) is 11.4 Å². The monoisotopic (exact) mass is 321 g/mol. The van der Waals surface area contributed by atoms with Crippen LogP contribution in [0, 0.1) is 20.2 Å². The van der Waals surface area contributed by atoms with Gasteiger partial charge in [-0.1, -0.05) is 30.3 Å². The van der Waals surface area contributed by atoms with E-state index in [0.717, 1.165) is 5.56 Å². The third-order valence-corrected chi connectivity index (χ3v) is 3.49. The molecule has 0 unspecified atom stereocenters. The van der Waals surface area contributed by atoms with E-state index in [2.05, 4.69) is 4.98 Å². The fourth-order valence-corrected chi connectivity index (χ4v) is 2.32. The number of benzene rings is 2. The van der Waals surface area contributed by atoms with Crippen LogP contribution in [0.3, 0.4) is 0 Å². The highest BCUT2D eigenvalue weighted by atomic mass is 16.6. The number of hydrogen-bond acceptors (Lipinski definition) is 5. The Morgan fingerprint density at radius 2 is 1.38 bits per heavy atom. The van der Waals surface area contributed by atoms with Crippen molar-refractivity contribution in [2.45, 2.75) is 0 Å². The van der Waals surface area contributed by atoms with Crippen LogP contribution in [-0.4, -0.2) is 14.8 Å². The van der Waals surface area contributed by atoms with Crippen LogP contribution in [-0.2, 0) is 0 Å². The topological polar surface area (TPSA) is 99.2 Å². The van der Waals surface area contributed by atoms with Crippen LogP contribution in [0.5, 0.6) is 0 Å². The Morgan fingerprint density at radius 3 is 1.96 bits per heavy atom. The zero-order valence-electron chi connectivity index (χ0n) is 12.3. The van der Waals surface area contributed by atoms with Crippen molar-refractivity contribution in [2.75, 3.05) is 0 Å². The lowest BCUT2D eigenvalue weighted by Gasteiger charge is -2.06. The minimum Gasteiger partial charge on any atom is -0.258 e. The summed E-state index contributed by atoms with van der Waals surface area (Å²) in [7, 11) is 0. The minimum absolute atomic E-state index is 0.0828. The van der Waals surface area contributed by atoms with E-state index in [9.17, 15) is 20.2 Å². The van der Waals surface area contributed by atoms with Crippen molar-refractivity contribution in [3.05, 3.63) is 87.0 Å². The Morgan fingerprint density at radius 1 is 0.708 bits per heavy atom. The zero-order valence-corrected chi connectivity index (χ0v) is 12.3. The summed E-state index contributed by atoms with van der Waals surface area (Å²) in [6, 6.07) is 17.8. The molecule has 0 N–H and O–H groups in total. The molecule has 2 aromatic carbocycles. The second-order valence-electron chi connectivity index (χ2n) is 4.99. The maximum absolute atomic E-state index is 11.3. The smallest absolute Gasteiger partial charge is 0.258 e. The van der Waals surface area contributed by atoms with Crippen molar-refractivity contribution in [1.82, 2.24) is 4.98 Å². The first kappa shape index (κ1) is 15.3. The summed E-state index contributed by atoms with van der Waals surface area (Å²) < 4.78 is 0. The van der Waals surface area contributed by atoms with Crippen LogP contribution in [0.2, 0.25) is 0 Å². The van der Waals surface area contributed by atoms with Gasteiger partial charge in [-0.05, 0) is 18.2 Å². The van der Waals surface area contributed by atoms with E-state index in [1.807, 2.05) is 30.3 Å². The van der Waals surface area contributed by atoms with E-state index in [-0.39, 0.29) is 17.1 Å². The van der Waals surface area contributed by atoms with Gasteiger partial charge in [-0.25, -0.2) is 4.98 Å². The van der Waals surface area contributed by atoms with Crippen molar-refractivity contribution in [1.29, 1.82) is 0 Å². The summed E-state index contributed by atoms with van der Waals surface area (Å²) in [4.78, 5) is 25.4. The van der Waals surface area contributed by atoms with E-state index in [1.54, 1.807) is 6.07 Å². The summed E-state index contributed by atoms with van der Waals surface area (Å²) in [5.41, 5.74) is 1.82. The molecular weight excluding hydrogens is 310 g/mol. The molecule has 24 heavy (non-hydrogen) atoms. The number of aromatic nitrogens is 1. The Hall–Kier alpha value is -3.61. The van der Waals surface area contributed by atoms with Crippen LogP contribution in [0.4, 0.5) is 11.4 Å². The van der Waals surface area contributed by atoms with E-state index in [0.29, 0.717) is 11.3 Å². The lowest BCUT2D eigenvalue weighted by Crippen LogP contribution is -1.97. The Kier molecular flexibility index (Phi) is 3.98. The zero-order chi connectivity index (χ0) is 17.1. The molecular formula is C17H11N3O4. The number of nitro groups is 2. The molecule has 0 aliphatic heterocycles. The first-order valence-electron chi connectivity index (χ1n) is 7.02. The van der Waals surface area contributed by atoms with E-state index in [1.165, 1.54) is 30.3 Å². The van der Waals surface area contributed by atoms with Gasteiger partial charge in [0.05, 0.1) is 15.5 Å². The van der Waals surface area contributed by atoms with Gasteiger partial charge in [0.2, 0.25) is 0 Å². The van der Waals surface area contributed by atoms with Gasteiger partial charge in [0, 0.05) is 29.3 Å². The van der Waals surface area contributed by atoms with Crippen LogP contribution < -0.4 is 0 Å². The van der Waals surface area contributed by atoms with E-state index in [4.69, 9.17) is 0 Å². The van der Waals surface area contributed by atoms with Crippen LogP contribution in [0.25, 0.3) is 22.5 Å². The van der Waals surface area contributed by atoms with E-state index >= 15 is 0 Å². The van der Waals surface area contributed by atoms with Crippen molar-refractivity contribution in [2.24, 2.45) is 0 Å². The molecule has 118 valence electrons. The van der Waals surface area contributed by atoms with E-state index < -0.39 is 9.85 Å². The second kappa shape index (κ2) is 6.25. The van der Waals surface area contributed by atoms with Crippen molar-refractivity contribution in [3.8, 4) is 22.5 Å². The summed E-state index contributed by atoms with van der Waals surface area (Å²) in [6.07, 6.45) is 0. The van der Waals surface area contributed by atoms with Crippen molar-refractivity contribution >= 4 is 11.4 Å². The van der Waals surface area contributed by atoms with Crippen molar-refractivity contribution in [3.63, 3.8) is 0 Å². The molecule has 0 bridgehead atoms. The number of nitrogens with zero attached hydrogens (tertiary/aromatic N) is 3. The van der Waals surface area contributed by atoms with Crippen LogP contribution in [0.15, 0.2) is 66.7 Å². The molecule has 1 aromatic heterocycles. The molecule has 0 saturated carbocycles. The average molecular weight is 321 g/mol. The molecule has 0 aliphatic carbocycles. The predicted molar refractivity (Wildman–Crippen MR) is 88.4 cm³/mol. The number of pyridine rings is 1. The Balaban J connectivity index is 2.13. The maximum atomic E-state index is 11.3. The summed E-state index contributed by atoms with van der Waals surface area (Å²) in [5, 5.41) is 22.0. The number of hydrogen-bond donors (Lipinski definition) is 0. The fourth-order valence-electron chi connectivity index (χ4n) is 2.32. The van der Waals surface area contributed by atoms with Crippen LogP contribution in [0.1, 0.15) is 0 Å². The first-order valence-corrected chi connectivity index (χ1v) is 7.02. The van der Waals surface area contributed by atoms with Gasteiger partial charge >= 0.3 is 0 Å². The van der Waals surface area contributed by atoms with Gasteiger partial charge in [0.15, 0.2) is 0 Å². The second-order valence-corrected chi connectivity index (χ2v) is 4.99. The highest BCUT2D eigenvalue weighted by Gasteiger charge is 2.19. The van der Waals surface area contributed by atoms with Gasteiger partial charge in [0.1, 0.15) is 5.69 Å². The summed E-state index contributed by atoms with van der Waals surface area (Å²) in [6.45, 7) is 0. The lowest BCUT2D eigenvalue weighted by atomic mass is 10.1. The number of non-ortho nitro benzene ring substituents is 1. The molecule has 3 aromatic rings. The standard InChI is InChI=1S/C17H11N3O4/c21-19(22)14-8-6-13(7-9-14)17-16(20(23)24)11-10-15(18-17)12-4-2-1-3-5-12/h1-11H. The minimum atomic E-state index is -0.522. The van der Waals surface area contributed by atoms with Gasteiger partial charge in [-0.3, -0.25) is 20.2 Å². The highest BCUT2D eigenvalue weighted by molar-refractivity contribution is 5.74.